The highest BCUT2D eigenvalue weighted by Crippen LogP contribution is 2.25. The molecule has 136 valence electrons. The maximum absolute atomic E-state index is 11.6. The minimum Gasteiger partial charge on any atom is -0.369 e. The van der Waals surface area contributed by atoms with Crippen molar-refractivity contribution in [3.63, 3.8) is 0 Å². The molecule has 1 aromatic heterocycles. The van der Waals surface area contributed by atoms with Gasteiger partial charge >= 0.3 is 0 Å². The van der Waals surface area contributed by atoms with Crippen LogP contribution in [0.5, 0.6) is 0 Å². The predicted octanol–water partition coefficient (Wildman–Crippen LogP) is 2.04. The average molecular weight is 360 g/mol. The number of amides is 2. The lowest BCUT2D eigenvalue weighted by atomic mass is 10.1. The summed E-state index contributed by atoms with van der Waals surface area (Å²) < 4.78 is 1.97. The molecule has 6 heteroatoms. The van der Waals surface area contributed by atoms with Crippen LogP contribution in [0.4, 0.5) is 5.69 Å². The molecule has 0 spiro atoms. The first-order chi connectivity index (χ1) is 13.1. The lowest BCUT2D eigenvalue weighted by Gasteiger charge is -2.10. The summed E-state index contributed by atoms with van der Waals surface area (Å²) >= 11 is 0. The second-order valence-electron chi connectivity index (χ2n) is 6.79. The van der Waals surface area contributed by atoms with Crippen LogP contribution in [0.1, 0.15) is 28.1 Å². The molecule has 0 aliphatic carbocycles. The predicted molar refractivity (Wildman–Crippen MR) is 102 cm³/mol. The van der Waals surface area contributed by atoms with E-state index < -0.39 is 0 Å². The van der Waals surface area contributed by atoms with Gasteiger partial charge in [0.05, 0.1) is 30.6 Å². The average Bonchev–Trinajstić information content (AvgIpc) is 3.18. The number of aromatic nitrogens is 2. The number of hydrogen-bond donors (Lipinski definition) is 2. The quantitative estimate of drug-likeness (QED) is 0.705. The summed E-state index contributed by atoms with van der Waals surface area (Å²) in [6.07, 6.45) is 2.96. The molecule has 2 heterocycles. The molecule has 3 aromatic rings. The first-order valence-corrected chi connectivity index (χ1v) is 8.85. The number of benzene rings is 2. The molecular formula is C21H20N4O2. The standard InChI is InChI=1S/C21H20N4O2/c22-20(26)11-19-18(9-14-4-2-1-3-5-14)23-13-25(19)12-15-6-7-17-16(8-15)10-21(27)24-17/h1-8,13H,9-12H2,(H2,22,26)(H,24,27). The van der Waals surface area contributed by atoms with E-state index in [9.17, 15) is 9.59 Å². The molecule has 0 fully saturated rings. The van der Waals surface area contributed by atoms with Crippen LogP contribution in [-0.4, -0.2) is 21.4 Å². The second-order valence-corrected chi connectivity index (χ2v) is 6.79. The Hall–Kier alpha value is -3.41. The van der Waals surface area contributed by atoms with E-state index in [1.165, 1.54) is 0 Å². The van der Waals surface area contributed by atoms with E-state index in [-0.39, 0.29) is 18.2 Å². The second kappa shape index (κ2) is 7.07. The smallest absolute Gasteiger partial charge is 0.228 e. The largest absolute Gasteiger partial charge is 0.369 e. The van der Waals surface area contributed by atoms with E-state index in [0.29, 0.717) is 19.4 Å². The number of hydrogen-bond acceptors (Lipinski definition) is 3. The van der Waals surface area contributed by atoms with Gasteiger partial charge < -0.3 is 15.6 Å². The Bertz CT molecular complexity index is 1010. The monoisotopic (exact) mass is 360 g/mol. The van der Waals surface area contributed by atoms with Crippen molar-refractivity contribution in [2.45, 2.75) is 25.8 Å². The van der Waals surface area contributed by atoms with Crippen LogP contribution < -0.4 is 11.1 Å². The van der Waals surface area contributed by atoms with E-state index in [1.807, 2.05) is 53.1 Å². The van der Waals surface area contributed by atoms with Crippen LogP contribution in [0, 0.1) is 0 Å². The first kappa shape index (κ1) is 17.0. The first-order valence-electron chi connectivity index (χ1n) is 8.85. The van der Waals surface area contributed by atoms with Gasteiger partial charge in [0.15, 0.2) is 0 Å². The minimum absolute atomic E-state index is 0.0179. The molecule has 4 rings (SSSR count). The number of rotatable bonds is 6. The van der Waals surface area contributed by atoms with E-state index >= 15 is 0 Å². The third-order valence-electron chi connectivity index (χ3n) is 4.74. The molecule has 0 saturated carbocycles. The van der Waals surface area contributed by atoms with E-state index in [0.717, 1.165) is 33.8 Å². The van der Waals surface area contributed by atoms with Crippen LogP contribution in [0.25, 0.3) is 0 Å². The fraction of sp³-hybridized carbons (Fsp3) is 0.190. The van der Waals surface area contributed by atoms with Crippen molar-refractivity contribution in [2.75, 3.05) is 5.32 Å². The maximum Gasteiger partial charge on any atom is 0.228 e. The van der Waals surface area contributed by atoms with Gasteiger partial charge in [-0.1, -0.05) is 42.5 Å². The zero-order valence-electron chi connectivity index (χ0n) is 14.8. The van der Waals surface area contributed by atoms with Crippen LogP contribution >= 0.6 is 0 Å². The van der Waals surface area contributed by atoms with Gasteiger partial charge in [-0.05, 0) is 22.8 Å². The fourth-order valence-electron chi connectivity index (χ4n) is 3.47. The molecule has 3 N–H and O–H groups in total. The summed E-state index contributed by atoms with van der Waals surface area (Å²) in [6.45, 7) is 0.575. The third-order valence-corrected chi connectivity index (χ3v) is 4.74. The Balaban J connectivity index is 1.61. The zero-order chi connectivity index (χ0) is 18.8. The van der Waals surface area contributed by atoms with Crippen LogP contribution in [0.15, 0.2) is 54.9 Å². The van der Waals surface area contributed by atoms with Gasteiger partial charge in [-0.3, -0.25) is 9.59 Å². The Morgan fingerprint density at radius 3 is 2.74 bits per heavy atom. The number of nitrogens with one attached hydrogen (secondary N) is 1. The molecule has 0 bridgehead atoms. The lowest BCUT2D eigenvalue weighted by Crippen LogP contribution is -2.18. The Kier molecular flexibility index (Phi) is 4.46. The number of carbonyl (C=O) groups is 2. The maximum atomic E-state index is 11.6. The van der Waals surface area contributed by atoms with Crippen molar-refractivity contribution < 1.29 is 9.59 Å². The van der Waals surface area contributed by atoms with Gasteiger partial charge in [-0.25, -0.2) is 4.98 Å². The molecular weight excluding hydrogens is 340 g/mol. The fourth-order valence-corrected chi connectivity index (χ4v) is 3.47. The van der Waals surface area contributed by atoms with Crippen molar-refractivity contribution in [3.8, 4) is 0 Å². The van der Waals surface area contributed by atoms with Gasteiger partial charge in [0, 0.05) is 18.7 Å². The molecule has 1 aliphatic rings. The van der Waals surface area contributed by atoms with Crippen molar-refractivity contribution in [3.05, 3.63) is 82.9 Å². The van der Waals surface area contributed by atoms with Gasteiger partial charge in [0.1, 0.15) is 0 Å². The Morgan fingerprint density at radius 2 is 1.96 bits per heavy atom. The number of anilines is 1. The number of nitrogens with zero attached hydrogens (tertiary/aromatic N) is 2. The summed E-state index contributed by atoms with van der Waals surface area (Å²) in [5.74, 6) is -0.362. The number of fused-ring (bicyclic) bond motifs is 1. The molecule has 0 saturated heterocycles. The Morgan fingerprint density at radius 1 is 1.15 bits per heavy atom. The van der Waals surface area contributed by atoms with Gasteiger partial charge in [-0.15, -0.1) is 0 Å². The van der Waals surface area contributed by atoms with Crippen LogP contribution in [-0.2, 0) is 35.4 Å². The number of imidazole rings is 1. The van der Waals surface area contributed by atoms with E-state index in [2.05, 4.69) is 10.3 Å². The van der Waals surface area contributed by atoms with Crippen molar-refractivity contribution in [2.24, 2.45) is 5.73 Å². The van der Waals surface area contributed by atoms with Crippen LogP contribution in [0.3, 0.4) is 0 Å². The molecule has 6 nitrogen and oxygen atoms in total. The molecule has 0 unspecified atom stereocenters. The normalized spacial score (nSPS) is 12.7. The van der Waals surface area contributed by atoms with Crippen molar-refractivity contribution in [1.29, 1.82) is 0 Å². The third kappa shape index (κ3) is 3.74. The van der Waals surface area contributed by atoms with E-state index in [1.54, 1.807) is 6.33 Å². The summed E-state index contributed by atoms with van der Waals surface area (Å²) in [4.78, 5) is 27.7. The summed E-state index contributed by atoms with van der Waals surface area (Å²) in [7, 11) is 0. The Labute approximate surface area is 157 Å². The number of primary amides is 1. The number of carbonyl (C=O) groups excluding carboxylic acids is 2. The highest BCUT2D eigenvalue weighted by atomic mass is 16.2. The van der Waals surface area contributed by atoms with Crippen molar-refractivity contribution in [1.82, 2.24) is 9.55 Å². The summed E-state index contributed by atoms with van der Waals surface area (Å²) in [5, 5.41) is 2.84. The van der Waals surface area contributed by atoms with Crippen molar-refractivity contribution >= 4 is 17.5 Å². The van der Waals surface area contributed by atoms with Gasteiger partial charge in [-0.2, -0.15) is 0 Å². The highest BCUT2D eigenvalue weighted by Gasteiger charge is 2.18. The lowest BCUT2D eigenvalue weighted by molar-refractivity contribution is -0.117. The van der Waals surface area contributed by atoms with Crippen LogP contribution in [0.2, 0.25) is 0 Å². The molecule has 2 amide bonds. The minimum atomic E-state index is -0.380. The van der Waals surface area contributed by atoms with Gasteiger partial charge in [0.25, 0.3) is 0 Å². The molecule has 27 heavy (non-hydrogen) atoms. The SMILES string of the molecule is NC(=O)Cc1c(Cc2ccccc2)ncn1Cc1ccc2c(c1)CC(=O)N2. The molecule has 1 aliphatic heterocycles. The molecule has 2 aromatic carbocycles. The summed E-state index contributed by atoms with van der Waals surface area (Å²) in [5.41, 5.74) is 11.2. The topological polar surface area (TPSA) is 90.0 Å². The molecule has 0 radical (unpaired) electrons. The molecule has 0 atom stereocenters. The van der Waals surface area contributed by atoms with Gasteiger partial charge in [0.2, 0.25) is 11.8 Å². The zero-order valence-corrected chi connectivity index (χ0v) is 14.8. The number of nitrogens with two attached hydrogens (primary N) is 1. The summed E-state index contributed by atoms with van der Waals surface area (Å²) in [6, 6.07) is 16.0. The van der Waals surface area contributed by atoms with E-state index in [4.69, 9.17) is 5.73 Å². The highest BCUT2D eigenvalue weighted by molar-refractivity contribution is 5.99.